The Morgan fingerprint density at radius 1 is 1.44 bits per heavy atom. The fourth-order valence-electron chi connectivity index (χ4n) is 1.55. The highest BCUT2D eigenvalue weighted by Gasteiger charge is 2.06. The smallest absolute Gasteiger partial charge is 0.319 e. The summed E-state index contributed by atoms with van der Waals surface area (Å²) in [7, 11) is 3.99. The number of nitrogens with zero attached hydrogens (tertiary/aromatic N) is 1. The maximum atomic E-state index is 11.6. The fraction of sp³-hybridized carbons (Fsp3) is 0.462. The van der Waals surface area contributed by atoms with Crippen molar-refractivity contribution >= 4 is 11.7 Å². The van der Waals surface area contributed by atoms with E-state index in [4.69, 9.17) is 5.11 Å². The molecule has 2 amide bonds. The summed E-state index contributed by atoms with van der Waals surface area (Å²) in [5.41, 5.74) is 1.88. The Bertz CT molecular complexity index is 394. The topological polar surface area (TPSA) is 64.6 Å². The molecule has 0 heterocycles. The van der Waals surface area contributed by atoms with Gasteiger partial charge in [-0.25, -0.2) is 4.79 Å². The highest BCUT2D eigenvalue weighted by atomic mass is 16.3. The van der Waals surface area contributed by atoms with E-state index in [-0.39, 0.29) is 18.7 Å². The third-order valence-corrected chi connectivity index (χ3v) is 2.34. The molecule has 0 aliphatic heterocycles. The monoisotopic (exact) mass is 251 g/mol. The highest BCUT2D eigenvalue weighted by Crippen LogP contribution is 2.11. The molecule has 1 rings (SSSR count). The predicted octanol–water partition coefficient (Wildman–Crippen LogP) is 1.25. The van der Waals surface area contributed by atoms with Gasteiger partial charge in [0.2, 0.25) is 0 Å². The van der Waals surface area contributed by atoms with Crippen LogP contribution in [0.1, 0.15) is 12.5 Å². The molecule has 0 fully saturated rings. The van der Waals surface area contributed by atoms with Crippen LogP contribution in [0.3, 0.4) is 0 Å². The summed E-state index contributed by atoms with van der Waals surface area (Å²) < 4.78 is 0. The average Bonchev–Trinajstić information content (AvgIpc) is 2.28. The SMILES string of the molecule is CC(CO)NC(=O)Nc1cccc(CN(C)C)c1. The first-order chi connectivity index (χ1) is 8.51. The lowest BCUT2D eigenvalue weighted by Gasteiger charge is -2.13. The fourth-order valence-corrected chi connectivity index (χ4v) is 1.55. The molecule has 1 aromatic rings. The molecule has 0 bridgehead atoms. The molecule has 0 saturated heterocycles. The number of aliphatic hydroxyl groups excluding tert-OH is 1. The minimum absolute atomic E-state index is 0.0753. The number of carbonyl (C=O) groups excluding carboxylic acids is 1. The number of urea groups is 1. The average molecular weight is 251 g/mol. The van der Waals surface area contributed by atoms with Gasteiger partial charge in [-0.15, -0.1) is 0 Å². The Hall–Kier alpha value is -1.59. The van der Waals surface area contributed by atoms with Crippen molar-refractivity contribution in [3.63, 3.8) is 0 Å². The van der Waals surface area contributed by atoms with Gasteiger partial charge in [-0.3, -0.25) is 0 Å². The summed E-state index contributed by atoms with van der Waals surface area (Å²) in [6.45, 7) is 2.49. The van der Waals surface area contributed by atoms with Crippen molar-refractivity contribution in [3.05, 3.63) is 29.8 Å². The third kappa shape index (κ3) is 5.16. The first-order valence-electron chi connectivity index (χ1n) is 5.93. The molecule has 1 aromatic carbocycles. The lowest BCUT2D eigenvalue weighted by molar-refractivity contribution is 0.229. The Labute approximate surface area is 108 Å². The molecule has 3 N–H and O–H groups in total. The molecule has 0 aliphatic rings. The van der Waals surface area contributed by atoms with Crippen LogP contribution in [0.4, 0.5) is 10.5 Å². The molecule has 5 nitrogen and oxygen atoms in total. The van der Waals surface area contributed by atoms with Crippen LogP contribution in [0.15, 0.2) is 24.3 Å². The molecule has 0 aliphatic carbocycles. The second-order valence-corrected chi connectivity index (χ2v) is 4.62. The van der Waals surface area contributed by atoms with E-state index >= 15 is 0 Å². The summed E-state index contributed by atoms with van der Waals surface area (Å²) in [5, 5.41) is 14.2. The van der Waals surface area contributed by atoms with Crippen LogP contribution in [0.25, 0.3) is 0 Å². The lowest BCUT2D eigenvalue weighted by atomic mass is 10.2. The number of hydrogen-bond acceptors (Lipinski definition) is 3. The molecule has 18 heavy (non-hydrogen) atoms. The van der Waals surface area contributed by atoms with Gasteiger partial charge in [0.1, 0.15) is 0 Å². The number of carbonyl (C=O) groups is 1. The van der Waals surface area contributed by atoms with Gasteiger partial charge < -0.3 is 20.6 Å². The Balaban J connectivity index is 2.59. The molecule has 0 spiro atoms. The van der Waals surface area contributed by atoms with Crippen molar-refractivity contribution in [2.75, 3.05) is 26.0 Å². The second kappa shape index (κ2) is 6.98. The summed E-state index contributed by atoms with van der Waals surface area (Å²) in [5.74, 6) is 0. The molecule has 5 heteroatoms. The largest absolute Gasteiger partial charge is 0.394 e. The van der Waals surface area contributed by atoms with Crippen molar-refractivity contribution in [1.29, 1.82) is 0 Å². The maximum absolute atomic E-state index is 11.6. The molecule has 0 saturated carbocycles. The number of benzene rings is 1. The van der Waals surface area contributed by atoms with Crippen molar-refractivity contribution in [2.45, 2.75) is 19.5 Å². The van der Waals surface area contributed by atoms with Gasteiger partial charge in [0, 0.05) is 12.2 Å². The van der Waals surface area contributed by atoms with E-state index in [9.17, 15) is 4.79 Å². The van der Waals surface area contributed by atoms with Gasteiger partial charge in [0.05, 0.1) is 12.6 Å². The third-order valence-electron chi connectivity index (χ3n) is 2.34. The summed E-state index contributed by atoms with van der Waals surface area (Å²) in [6, 6.07) is 7.13. The van der Waals surface area contributed by atoms with E-state index in [1.807, 2.05) is 38.4 Å². The molecule has 0 aromatic heterocycles. The van der Waals surface area contributed by atoms with Crippen molar-refractivity contribution in [3.8, 4) is 0 Å². The zero-order chi connectivity index (χ0) is 13.5. The predicted molar refractivity (Wildman–Crippen MR) is 72.5 cm³/mol. The molecular formula is C13H21N3O2. The van der Waals surface area contributed by atoms with Crippen LogP contribution >= 0.6 is 0 Å². The van der Waals surface area contributed by atoms with Gasteiger partial charge in [0.15, 0.2) is 0 Å². The summed E-state index contributed by atoms with van der Waals surface area (Å²) >= 11 is 0. The number of amides is 2. The number of anilines is 1. The molecule has 100 valence electrons. The van der Waals surface area contributed by atoms with E-state index in [1.54, 1.807) is 6.92 Å². The molecular weight excluding hydrogens is 230 g/mol. The Morgan fingerprint density at radius 2 is 2.17 bits per heavy atom. The number of hydrogen-bond donors (Lipinski definition) is 3. The van der Waals surface area contributed by atoms with Gasteiger partial charge >= 0.3 is 6.03 Å². The van der Waals surface area contributed by atoms with Crippen LogP contribution in [-0.4, -0.2) is 42.8 Å². The minimum atomic E-state index is -0.307. The zero-order valence-corrected chi connectivity index (χ0v) is 11.1. The lowest BCUT2D eigenvalue weighted by Crippen LogP contribution is -2.38. The van der Waals surface area contributed by atoms with E-state index in [1.165, 1.54) is 0 Å². The molecule has 1 atom stereocenters. The highest BCUT2D eigenvalue weighted by molar-refractivity contribution is 5.89. The van der Waals surface area contributed by atoms with Crippen molar-refractivity contribution in [2.24, 2.45) is 0 Å². The van der Waals surface area contributed by atoms with Crippen molar-refractivity contribution < 1.29 is 9.90 Å². The summed E-state index contributed by atoms with van der Waals surface area (Å²) in [4.78, 5) is 13.6. The van der Waals surface area contributed by atoms with Crippen LogP contribution in [0, 0.1) is 0 Å². The maximum Gasteiger partial charge on any atom is 0.319 e. The van der Waals surface area contributed by atoms with Crippen molar-refractivity contribution in [1.82, 2.24) is 10.2 Å². The first-order valence-corrected chi connectivity index (χ1v) is 5.93. The normalized spacial score (nSPS) is 12.3. The number of aliphatic hydroxyl groups is 1. The van der Waals surface area contributed by atoms with Gasteiger partial charge in [-0.05, 0) is 38.7 Å². The molecule has 0 radical (unpaired) electrons. The van der Waals surface area contributed by atoms with E-state index in [2.05, 4.69) is 15.5 Å². The van der Waals surface area contributed by atoms with E-state index in [0.717, 1.165) is 17.8 Å². The number of rotatable bonds is 5. The van der Waals surface area contributed by atoms with E-state index in [0.29, 0.717) is 0 Å². The van der Waals surface area contributed by atoms with Crippen LogP contribution in [0.2, 0.25) is 0 Å². The Morgan fingerprint density at radius 3 is 2.78 bits per heavy atom. The van der Waals surface area contributed by atoms with E-state index < -0.39 is 0 Å². The minimum Gasteiger partial charge on any atom is -0.394 e. The van der Waals surface area contributed by atoms with Crippen LogP contribution < -0.4 is 10.6 Å². The molecule has 1 unspecified atom stereocenters. The second-order valence-electron chi connectivity index (χ2n) is 4.62. The van der Waals surface area contributed by atoms with Gasteiger partial charge in [0.25, 0.3) is 0 Å². The number of nitrogens with one attached hydrogen (secondary N) is 2. The van der Waals surface area contributed by atoms with Gasteiger partial charge in [-0.1, -0.05) is 12.1 Å². The van der Waals surface area contributed by atoms with Crippen LogP contribution in [0.5, 0.6) is 0 Å². The first kappa shape index (κ1) is 14.5. The summed E-state index contributed by atoms with van der Waals surface area (Å²) in [6.07, 6.45) is 0. The Kier molecular flexibility index (Phi) is 5.61. The van der Waals surface area contributed by atoms with Crippen LogP contribution in [-0.2, 0) is 6.54 Å². The van der Waals surface area contributed by atoms with Gasteiger partial charge in [-0.2, -0.15) is 0 Å². The quantitative estimate of drug-likeness (QED) is 0.738. The zero-order valence-electron chi connectivity index (χ0n) is 11.1. The standard InChI is InChI=1S/C13H21N3O2/c1-10(9-17)14-13(18)15-12-6-4-5-11(7-12)8-16(2)3/h4-7,10,17H,8-9H2,1-3H3,(H2,14,15,18).